The maximum absolute atomic E-state index is 3.43. The highest BCUT2D eigenvalue weighted by atomic mass is 79.9. The first kappa shape index (κ1) is 6.81. The van der Waals surface area contributed by atoms with E-state index in [2.05, 4.69) is 35.0 Å². The standard InChI is InChI=1S/C8H8Br/c1-2-7-5-3-4-6-8(7)9/h3,5-6H,2H2,1H3. The third kappa shape index (κ3) is 1.55. The summed E-state index contributed by atoms with van der Waals surface area (Å²) in [7, 11) is 0. The summed E-state index contributed by atoms with van der Waals surface area (Å²) in [5.74, 6) is 0. The molecule has 0 saturated heterocycles. The van der Waals surface area contributed by atoms with Crippen LogP contribution in [0.15, 0.2) is 22.7 Å². The second-order valence-electron chi connectivity index (χ2n) is 1.87. The van der Waals surface area contributed by atoms with E-state index in [0.29, 0.717) is 0 Å². The van der Waals surface area contributed by atoms with Crippen molar-refractivity contribution in [2.75, 3.05) is 0 Å². The Labute approximate surface area is 64.0 Å². The quantitative estimate of drug-likeness (QED) is 0.629. The van der Waals surface area contributed by atoms with E-state index in [-0.39, 0.29) is 0 Å². The third-order valence-electron chi connectivity index (χ3n) is 1.28. The molecule has 0 spiro atoms. The molecule has 9 heavy (non-hydrogen) atoms. The maximum Gasteiger partial charge on any atom is 0.0213 e. The van der Waals surface area contributed by atoms with E-state index in [1.54, 1.807) is 0 Å². The van der Waals surface area contributed by atoms with E-state index in [0.717, 1.165) is 10.9 Å². The van der Waals surface area contributed by atoms with Gasteiger partial charge in [-0.15, -0.1) is 0 Å². The van der Waals surface area contributed by atoms with Crippen molar-refractivity contribution in [1.82, 2.24) is 0 Å². The topological polar surface area (TPSA) is 0 Å². The van der Waals surface area contributed by atoms with E-state index in [4.69, 9.17) is 0 Å². The lowest BCUT2D eigenvalue weighted by molar-refractivity contribution is 1.13. The van der Waals surface area contributed by atoms with Gasteiger partial charge in [-0.1, -0.05) is 35.0 Å². The molecule has 0 saturated carbocycles. The van der Waals surface area contributed by atoms with Crippen molar-refractivity contribution >= 4 is 15.9 Å². The molecule has 0 unspecified atom stereocenters. The van der Waals surface area contributed by atoms with E-state index >= 15 is 0 Å². The largest absolute Gasteiger partial charge is 0.0613 e. The highest BCUT2D eigenvalue weighted by Gasteiger charge is 1.91. The number of benzene rings is 1. The molecular weight excluding hydrogens is 176 g/mol. The molecule has 0 aromatic heterocycles. The molecule has 1 aromatic carbocycles. The predicted molar refractivity (Wildman–Crippen MR) is 42.4 cm³/mol. The van der Waals surface area contributed by atoms with Crippen LogP contribution in [-0.4, -0.2) is 0 Å². The summed E-state index contributed by atoms with van der Waals surface area (Å²) in [4.78, 5) is 0. The minimum atomic E-state index is 1.08. The van der Waals surface area contributed by atoms with Crippen LogP contribution in [0.5, 0.6) is 0 Å². The van der Waals surface area contributed by atoms with Gasteiger partial charge in [-0.2, -0.15) is 0 Å². The molecular formula is C8H8Br. The molecule has 0 aliphatic heterocycles. The lowest BCUT2D eigenvalue weighted by Gasteiger charge is -1.96. The van der Waals surface area contributed by atoms with Crippen LogP contribution < -0.4 is 0 Å². The molecule has 1 heteroatoms. The molecule has 0 N–H and O–H groups in total. The van der Waals surface area contributed by atoms with Crippen molar-refractivity contribution in [3.63, 3.8) is 0 Å². The molecule has 0 fully saturated rings. The van der Waals surface area contributed by atoms with Crippen molar-refractivity contribution in [3.8, 4) is 0 Å². The predicted octanol–water partition coefficient (Wildman–Crippen LogP) is 2.81. The van der Waals surface area contributed by atoms with Gasteiger partial charge in [0.2, 0.25) is 0 Å². The van der Waals surface area contributed by atoms with Gasteiger partial charge in [0, 0.05) is 4.47 Å². The Morgan fingerprint density at radius 3 is 2.89 bits per heavy atom. The SMILES string of the molecule is CCc1cc[c]cc1Br. The maximum atomic E-state index is 3.43. The highest BCUT2D eigenvalue weighted by molar-refractivity contribution is 9.10. The molecule has 0 bridgehead atoms. The first-order valence-corrected chi connectivity index (χ1v) is 3.78. The Kier molecular flexibility index (Phi) is 2.29. The Morgan fingerprint density at radius 2 is 2.44 bits per heavy atom. The molecule has 0 nitrogen and oxygen atoms in total. The molecule has 0 aliphatic rings. The number of hydrogen-bond donors (Lipinski definition) is 0. The summed E-state index contributed by atoms with van der Waals surface area (Å²) >= 11 is 3.43. The average Bonchev–Trinajstić information content (AvgIpc) is 1.89. The number of halogens is 1. The van der Waals surface area contributed by atoms with Crippen LogP contribution >= 0.6 is 15.9 Å². The fourth-order valence-electron chi connectivity index (χ4n) is 0.729. The van der Waals surface area contributed by atoms with Crippen molar-refractivity contribution in [2.45, 2.75) is 13.3 Å². The summed E-state index contributed by atoms with van der Waals surface area (Å²) in [6.45, 7) is 2.14. The van der Waals surface area contributed by atoms with E-state index < -0.39 is 0 Å². The minimum Gasteiger partial charge on any atom is -0.0613 e. The third-order valence-corrected chi connectivity index (χ3v) is 2.02. The first-order chi connectivity index (χ1) is 4.34. The van der Waals surface area contributed by atoms with Crippen LogP contribution in [-0.2, 0) is 6.42 Å². The van der Waals surface area contributed by atoms with Gasteiger partial charge in [0.25, 0.3) is 0 Å². The van der Waals surface area contributed by atoms with Gasteiger partial charge in [-0.25, -0.2) is 0 Å². The fourth-order valence-corrected chi connectivity index (χ4v) is 1.27. The molecule has 0 amide bonds. The minimum absolute atomic E-state index is 1.08. The van der Waals surface area contributed by atoms with E-state index in [1.807, 2.05) is 12.1 Å². The van der Waals surface area contributed by atoms with Crippen LogP contribution in [0.4, 0.5) is 0 Å². The Morgan fingerprint density at radius 1 is 1.67 bits per heavy atom. The number of aryl methyl sites for hydroxylation is 1. The van der Waals surface area contributed by atoms with Crippen LogP contribution in [0.25, 0.3) is 0 Å². The van der Waals surface area contributed by atoms with E-state index in [1.165, 1.54) is 5.56 Å². The summed E-state index contributed by atoms with van der Waals surface area (Å²) in [6, 6.07) is 8.94. The fraction of sp³-hybridized carbons (Fsp3) is 0.250. The zero-order valence-corrected chi connectivity index (χ0v) is 6.90. The molecule has 0 aliphatic carbocycles. The smallest absolute Gasteiger partial charge is 0.0213 e. The van der Waals surface area contributed by atoms with Crippen LogP contribution in [0, 0.1) is 6.07 Å². The van der Waals surface area contributed by atoms with Crippen molar-refractivity contribution in [2.24, 2.45) is 0 Å². The van der Waals surface area contributed by atoms with Gasteiger partial charge in [-0.05, 0) is 24.1 Å². The highest BCUT2D eigenvalue weighted by Crippen LogP contribution is 2.14. The molecule has 47 valence electrons. The molecule has 1 aromatic rings. The monoisotopic (exact) mass is 183 g/mol. The second-order valence-corrected chi connectivity index (χ2v) is 2.73. The Balaban J connectivity index is 3.01. The second kappa shape index (κ2) is 3.02. The summed E-state index contributed by atoms with van der Waals surface area (Å²) < 4.78 is 1.16. The normalized spacial score (nSPS) is 9.56. The van der Waals surface area contributed by atoms with Crippen LogP contribution in [0.3, 0.4) is 0 Å². The summed E-state index contributed by atoms with van der Waals surface area (Å²) in [5.41, 5.74) is 1.34. The van der Waals surface area contributed by atoms with Gasteiger partial charge in [0.15, 0.2) is 0 Å². The van der Waals surface area contributed by atoms with Gasteiger partial charge in [-0.3, -0.25) is 0 Å². The summed E-state index contributed by atoms with van der Waals surface area (Å²) in [6.07, 6.45) is 1.08. The van der Waals surface area contributed by atoms with Gasteiger partial charge < -0.3 is 0 Å². The molecule has 1 rings (SSSR count). The van der Waals surface area contributed by atoms with E-state index in [9.17, 15) is 0 Å². The van der Waals surface area contributed by atoms with Crippen molar-refractivity contribution in [1.29, 1.82) is 0 Å². The van der Waals surface area contributed by atoms with Crippen LogP contribution in [0.2, 0.25) is 0 Å². The first-order valence-electron chi connectivity index (χ1n) is 2.99. The van der Waals surface area contributed by atoms with Gasteiger partial charge >= 0.3 is 0 Å². The average molecular weight is 184 g/mol. The van der Waals surface area contributed by atoms with Crippen LogP contribution in [0.1, 0.15) is 12.5 Å². The molecule has 1 radical (unpaired) electrons. The summed E-state index contributed by atoms with van der Waals surface area (Å²) in [5, 5.41) is 0. The molecule has 0 heterocycles. The molecule has 0 atom stereocenters. The lowest BCUT2D eigenvalue weighted by Crippen LogP contribution is -1.78. The van der Waals surface area contributed by atoms with Gasteiger partial charge in [0.1, 0.15) is 0 Å². The van der Waals surface area contributed by atoms with Crippen molar-refractivity contribution < 1.29 is 0 Å². The zero-order valence-electron chi connectivity index (χ0n) is 5.32. The Hall–Kier alpha value is -0.300. The zero-order chi connectivity index (χ0) is 6.69. The Bertz CT molecular complexity index is 194. The lowest BCUT2D eigenvalue weighted by atomic mass is 10.2. The van der Waals surface area contributed by atoms with Gasteiger partial charge in [0.05, 0.1) is 0 Å². The number of rotatable bonds is 1. The number of hydrogen-bond acceptors (Lipinski definition) is 0. The van der Waals surface area contributed by atoms with Crippen molar-refractivity contribution in [3.05, 3.63) is 34.3 Å².